The maximum atomic E-state index is 12.6. The normalized spacial score (nSPS) is 12.9. The second kappa shape index (κ2) is 7.86. The number of halogens is 3. The number of carbonyl (C=O) groups is 1. The molecule has 3 nitrogen and oxygen atoms in total. The summed E-state index contributed by atoms with van der Waals surface area (Å²) >= 11 is 0. The minimum Gasteiger partial charge on any atom is -0.461 e. The molecule has 1 amide bonds. The summed E-state index contributed by atoms with van der Waals surface area (Å²) in [4.78, 5) is 12.1. The molecule has 0 aliphatic heterocycles. The van der Waals surface area contributed by atoms with Crippen LogP contribution in [0.2, 0.25) is 0 Å². The molecule has 3 aromatic rings. The van der Waals surface area contributed by atoms with Gasteiger partial charge >= 0.3 is 6.18 Å². The van der Waals surface area contributed by atoms with Crippen LogP contribution in [0.15, 0.2) is 59.0 Å². The van der Waals surface area contributed by atoms with E-state index in [1.165, 1.54) is 12.1 Å². The molecule has 1 N–H and O–H groups in total. The topological polar surface area (TPSA) is 42.2 Å². The Morgan fingerprint density at radius 3 is 2.48 bits per heavy atom. The lowest BCUT2D eigenvalue weighted by Crippen LogP contribution is -2.34. The molecule has 1 atom stereocenters. The molecule has 0 radical (unpaired) electrons. The first kappa shape index (κ1) is 19.0. The lowest BCUT2D eigenvalue weighted by Gasteiger charge is -2.12. The van der Waals surface area contributed by atoms with Gasteiger partial charge in [0.25, 0.3) is 0 Å². The third kappa shape index (κ3) is 5.12. The van der Waals surface area contributed by atoms with Crippen molar-refractivity contribution < 1.29 is 22.4 Å². The van der Waals surface area contributed by atoms with Gasteiger partial charge in [0.15, 0.2) is 0 Å². The highest BCUT2D eigenvalue weighted by molar-refractivity contribution is 5.78. The maximum absolute atomic E-state index is 12.6. The molecule has 0 saturated carbocycles. The number of carbonyl (C=O) groups excluding carboxylic acids is 1. The summed E-state index contributed by atoms with van der Waals surface area (Å²) in [6, 6.07) is 14.5. The molecular weight excluding hydrogens is 355 g/mol. The third-order valence-electron chi connectivity index (χ3n) is 4.31. The number of hydrogen-bond donors (Lipinski definition) is 1. The van der Waals surface area contributed by atoms with Crippen LogP contribution in [0.3, 0.4) is 0 Å². The van der Waals surface area contributed by atoms with Crippen LogP contribution < -0.4 is 5.32 Å². The van der Waals surface area contributed by atoms with E-state index in [2.05, 4.69) is 5.32 Å². The van der Waals surface area contributed by atoms with Crippen LogP contribution in [0.25, 0.3) is 11.0 Å². The zero-order valence-corrected chi connectivity index (χ0v) is 14.8. The van der Waals surface area contributed by atoms with Gasteiger partial charge in [0, 0.05) is 24.3 Å². The van der Waals surface area contributed by atoms with Crippen molar-refractivity contribution in [2.45, 2.75) is 38.4 Å². The lowest BCUT2D eigenvalue weighted by atomic mass is 10.1. The first-order valence-electron chi connectivity index (χ1n) is 8.74. The standard InChI is InChI=1S/C21H20F3NO2/c1-14(12-18-13-16-4-2-3-5-19(16)27-18)25-20(26)11-8-15-6-9-17(10-7-15)21(22,23)24/h2-7,9-10,13-14H,8,11-12H2,1H3,(H,25,26)/t14-/m0/s1. The molecule has 0 saturated heterocycles. The fourth-order valence-corrected chi connectivity index (χ4v) is 2.96. The summed E-state index contributed by atoms with van der Waals surface area (Å²) < 4.78 is 43.4. The first-order valence-corrected chi connectivity index (χ1v) is 8.74. The van der Waals surface area contributed by atoms with Crippen molar-refractivity contribution in [1.29, 1.82) is 0 Å². The second-order valence-corrected chi connectivity index (χ2v) is 6.62. The summed E-state index contributed by atoms with van der Waals surface area (Å²) in [6.45, 7) is 1.89. The van der Waals surface area contributed by atoms with E-state index < -0.39 is 11.7 Å². The molecule has 0 unspecified atom stereocenters. The molecule has 1 aromatic heterocycles. The van der Waals surface area contributed by atoms with Crippen LogP contribution >= 0.6 is 0 Å². The van der Waals surface area contributed by atoms with Gasteiger partial charge in [0.2, 0.25) is 5.91 Å². The Hall–Kier alpha value is -2.76. The van der Waals surface area contributed by atoms with Gasteiger partial charge in [-0.15, -0.1) is 0 Å². The number of para-hydroxylation sites is 1. The molecular formula is C21H20F3NO2. The Balaban J connectivity index is 1.48. The van der Waals surface area contributed by atoms with Gasteiger partial charge in [0.05, 0.1) is 5.56 Å². The monoisotopic (exact) mass is 375 g/mol. The molecule has 0 spiro atoms. The van der Waals surface area contributed by atoms with Crippen molar-refractivity contribution in [1.82, 2.24) is 5.32 Å². The van der Waals surface area contributed by atoms with E-state index in [4.69, 9.17) is 4.42 Å². The van der Waals surface area contributed by atoms with E-state index in [9.17, 15) is 18.0 Å². The summed E-state index contributed by atoms with van der Waals surface area (Å²) in [6.07, 6.45) is -3.17. The van der Waals surface area contributed by atoms with E-state index >= 15 is 0 Å². The molecule has 0 bridgehead atoms. The predicted molar refractivity (Wildman–Crippen MR) is 97.3 cm³/mol. The molecule has 3 rings (SSSR count). The molecule has 0 aliphatic carbocycles. The van der Waals surface area contributed by atoms with Crippen molar-refractivity contribution in [3.63, 3.8) is 0 Å². The Bertz CT molecular complexity index is 880. The molecule has 0 aliphatic rings. The van der Waals surface area contributed by atoms with Crippen LogP contribution in [0.5, 0.6) is 0 Å². The largest absolute Gasteiger partial charge is 0.461 e. The zero-order valence-electron chi connectivity index (χ0n) is 14.8. The van der Waals surface area contributed by atoms with Crippen LogP contribution in [0.4, 0.5) is 13.2 Å². The van der Waals surface area contributed by atoms with E-state index in [1.54, 1.807) is 0 Å². The van der Waals surface area contributed by atoms with Crippen LogP contribution in [0.1, 0.15) is 30.2 Å². The average molecular weight is 375 g/mol. The number of aryl methyl sites for hydroxylation is 1. The van der Waals surface area contributed by atoms with Crippen molar-refractivity contribution in [3.8, 4) is 0 Å². The van der Waals surface area contributed by atoms with Gasteiger partial charge in [-0.2, -0.15) is 13.2 Å². The van der Waals surface area contributed by atoms with Crippen LogP contribution in [0, 0.1) is 0 Å². The fraction of sp³-hybridized carbons (Fsp3) is 0.286. The van der Waals surface area contributed by atoms with Gasteiger partial charge in [0.1, 0.15) is 11.3 Å². The molecule has 2 aromatic carbocycles. The maximum Gasteiger partial charge on any atom is 0.416 e. The number of furan rings is 1. The van der Waals surface area contributed by atoms with Gasteiger partial charge in [-0.3, -0.25) is 4.79 Å². The number of amides is 1. The molecule has 6 heteroatoms. The second-order valence-electron chi connectivity index (χ2n) is 6.62. The summed E-state index contributed by atoms with van der Waals surface area (Å²) in [5.74, 6) is 0.658. The molecule has 142 valence electrons. The highest BCUT2D eigenvalue weighted by Crippen LogP contribution is 2.29. The van der Waals surface area contributed by atoms with Crippen molar-refractivity contribution in [3.05, 3.63) is 71.5 Å². The lowest BCUT2D eigenvalue weighted by molar-refractivity contribution is -0.137. The summed E-state index contributed by atoms with van der Waals surface area (Å²) in [7, 11) is 0. The molecule has 1 heterocycles. The smallest absolute Gasteiger partial charge is 0.416 e. The van der Waals surface area contributed by atoms with E-state index in [0.717, 1.165) is 28.9 Å². The zero-order chi connectivity index (χ0) is 19.4. The Morgan fingerprint density at radius 1 is 1.11 bits per heavy atom. The van der Waals surface area contributed by atoms with Crippen molar-refractivity contribution >= 4 is 16.9 Å². The van der Waals surface area contributed by atoms with E-state index in [0.29, 0.717) is 18.4 Å². The number of benzene rings is 2. The average Bonchev–Trinajstić information content (AvgIpc) is 3.01. The minimum absolute atomic E-state index is 0.106. The van der Waals surface area contributed by atoms with Crippen LogP contribution in [-0.2, 0) is 23.8 Å². The van der Waals surface area contributed by atoms with Gasteiger partial charge < -0.3 is 9.73 Å². The number of nitrogens with one attached hydrogen (secondary N) is 1. The number of fused-ring (bicyclic) bond motifs is 1. The van der Waals surface area contributed by atoms with Crippen molar-refractivity contribution in [2.75, 3.05) is 0 Å². The number of rotatable bonds is 6. The van der Waals surface area contributed by atoms with E-state index in [-0.39, 0.29) is 18.4 Å². The minimum atomic E-state index is -4.35. The van der Waals surface area contributed by atoms with Gasteiger partial charge in [-0.1, -0.05) is 30.3 Å². The third-order valence-corrected chi connectivity index (χ3v) is 4.31. The first-order chi connectivity index (χ1) is 12.8. The quantitative estimate of drug-likeness (QED) is 0.649. The highest BCUT2D eigenvalue weighted by atomic mass is 19.4. The SMILES string of the molecule is C[C@@H](Cc1cc2ccccc2o1)NC(=O)CCc1ccc(C(F)(F)F)cc1. The van der Waals surface area contributed by atoms with E-state index in [1.807, 2.05) is 37.3 Å². The Labute approximate surface area is 155 Å². The molecule has 0 fully saturated rings. The Morgan fingerprint density at radius 2 is 1.81 bits per heavy atom. The van der Waals surface area contributed by atoms with Crippen LogP contribution in [-0.4, -0.2) is 11.9 Å². The van der Waals surface area contributed by atoms with Crippen molar-refractivity contribution in [2.24, 2.45) is 0 Å². The number of hydrogen-bond acceptors (Lipinski definition) is 2. The summed E-state index contributed by atoms with van der Waals surface area (Å²) in [5, 5.41) is 3.92. The Kier molecular flexibility index (Phi) is 5.54. The number of alkyl halides is 3. The summed E-state index contributed by atoms with van der Waals surface area (Å²) in [5.41, 5.74) is 0.826. The fourth-order valence-electron chi connectivity index (χ4n) is 2.96. The highest BCUT2D eigenvalue weighted by Gasteiger charge is 2.29. The molecule has 27 heavy (non-hydrogen) atoms. The van der Waals surface area contributed by atoms with Gasteiger partial charge in [-0.25, -0.2) is 0 Å². The predicted octanol–water partition coefficient (Wildman–Crippen LogP) is 5.13. The van der Waals surface area contributed by atoms with Gasteiger partial charge in [-0.05, 0) is 43.2 Å².